The van der Waals surface area contributed by atoms with Crippen LogP contribution in [0.3, 0.4) is 0 Å². The highest BCUT2D eigenvalue weighted by atomic mass is 16.6. The summed E-state index contributed by atoms with van der Waals surface area (Å²) < 4.78 is 10.6. The number of oxazole rings is 1. The molecule has 0 atom stereocenters. The number of aromatic nitrogens is 1. The number of ether oxygens (including phenoxy) is 1. The van der Waals surface area contributed by atoms with Gasteiger partial charge in [0, 0.05) is 13.1 Å². The topological polar surface area (TPSA) is 92.9 Å². The number of nitrogens with zero attached hydrogens (tertiary/aromatic N) is 2. The smallest absolute Gasteiger partial charge is 0.410 e. The molecule has 0 aromatic carbocycles. The molecule has 1 aliphatic rings. The van der Waals surface area contributed by atoms with Gasteiger partial charge in [-0.15, -0.1) is 0 Å². The molecule has 0 saturated carbocycles. The lowest BCUT2D eigenvalue weighted by Gasteiger charge is -2.38. The zero-order chi connectivity index (χ0) is 15.1. The zero-order valence-electron chi connectivity index (χ0n) is 12.0. The Balaban J connectivity index is 1.95. The van der Waals surface area contributed by atoms with Gasteiger partial charge >= 0.3 is 12.1 Å². The highest BCUT2D eigenvalue weighted by Crippen LogP contribution is 2.29. The summed E-state index contributed by atoms with van der Waals surface area (Å²) in [5.74, 6) is -0.543. The Kier molecular flexibility index (Phi) is 3.45. The Labute approximate surface area is 116 Å². The lowest BCUT2D eigenvalue weighted by molar-refractivity contribution is 0.00598. The average Bonchev–Trinajstić information content (AvgIpc) is 2.54. The summed E-state index contributed by atoms with van der Waals surface area (Å²) in [6, 6.07) is 0. The minimum Gasteiger partial charge on any atom is -0.476 e. The van der Waals surface area contributed by atoms with Crippen LogP contribution in [-0.4, -0.2) is 45.7 Å². The number of carboxylic acid groups (broad SMARTS) is 1. The van der Waals surface area contributed by atoms with E-state index < -0.39 is 11.6 Å². The first-order valence-electron chi connectivity index (χ1n) is 6.36. The van der Waals surface area contributed by atoms with E-state index in [4.69, 9.17) is 14.3 Å². The SMILES string of the molecule is Cc1oc(C2CN(C(=O)OC(C)(C)C)C2)nc1C(=O)O. The third kappa shape index (κ3) is 2.92. The largest absolute Gasteiger partial charge is 0.476 e. The van der Waals surface area contributed by atoms with Crippen molar-refractivity contribution in [2.75, 3.05) is 13.1 Å². The number of hydrogen-bond donors (Lipinski definition) is 1. The molecule has 1 amide bonds. The van der Waals surface area contributed by atoms with Crippen LogP contribution in [0.15, 0.2) is 4.42 Å². The van der Waals surface area contributed by atoms with Crippen molar-refractivity contribution in [1.82, 2.24) is 9.88 Å². The molecule has 20 heavy (non-hydrogen) atoms. The van der Waals surface area contributed by atoms with E-state index >= 15 is 0 Å². The fourth-order valence-corrected chi connectivity index (χ4v) is 1.90. The van der Waals surface area contributed by atoms with Gasteiger partial charge in [0.05, 0.1) is 5.92 Å². The fourth-order valence-electron chi connectivity index (χ4n) is 1.90. The van der Waals surface area contributed by atoms with E-state index in [-0.39, 0.29) is 23.5 Å². The molecule has 7 heteroatoms. The van der Waals surface area contributed by atoms with Crippen LogP contribution >= 0.6 is 0 Å². The van der Waals surface area contributed by atoms with Gasteiger partial charge in [-0.25, -0.2) is 14.6 Å². The van der Waals surface area contributed by atoms with Gasteiger partial charge in [-0.3, -0.25) is 0 Å². The number of hydrogen-bond acceptors (Lipinski definition) is 5. The third-order valence-corrected chi connectivity index (χ3v) is 2.90. The van der Waals surface area contributed by atoms with Crippen LogP contribution in [0, 0.1) is 6.92 Å². The molecule has 0 spiro atoms. The Morgan fingerprint density at radius 2 is 2.00 bits per heavy atom. The quantitative estimate of drug-likeness (QED) is 0.892. The molecule has 0 aliphatic carbocycles. The van der Waals surface area contributed by atoms with Gasteiger partial charge in [0.2, 0.25) is 5.89 Å². The number of carboxylic acids is 1. The van der Waals surface area contributed by atoms with Crippen molar-refractivity contribution in [2.45, 2.75) is 39.2 Å². The van der Waals surface area contributed by atoms with Crippen LogP contribution in [0.25, 0.3) is 0 Å². The van der Waals surface area contributed by atoms with Crippen molar-refractivity contribution in [3.63, 3.8) is 0 Å². The molecule has 0 radical (unpaired) electrons. The molecular formula is C13H18N2O5. The molecule has 1 N–H and O–H groups in total. The zero-order valence-corrected chi connectivity index (χ0v) is 12.0. The van der Waals surface area contributed by atoms with Crippen molar-refractivity contribution < 1.29 is 23.8 Å². The summed E-state index contributed by atoms with van der Waals surface area (Å²) in [6.45, 7) is 7.82. The molecule has 1 fully saturated rings. The van der Waals surface area contributed by atoms with E-state index in [1.54, 1.807) is 27.7 Å². The van der Waals surface area contributed by atoms with E-state index in [2.05, 4.69) is 4.98 Å². The van der Waals surface area contributed by atoms with E-state index in [9.17, 15) is 9.59 Å². The van der Waals surface area contributed by atoms with Crippen LogP contribution in [0.4, 0.5) is 4.79 Å². The predicted octanol–water partition coefficient (Wildman–Crippen LogP) is 2.02. The standard InChI is InChI=1S/C13H18N2O5/c1-7-9(11(16)17)14-10(19-7)8-5-15(6-8)12(18)20-13(2,3)4/h8H,5-6H2,1-4H3,(H,16,17). The maximum atomic E-state index is 11.8. The Hall–Kier alpha value is -2.05. The van der Waals surface area contributed by atoms with E-state index in [0.717, 1.165) is 0 Å². The summed E-state index contributed by atoms with van der Waals surface area (Å²) in [4.78, 5) is 28.1. The van der Waals surface area contributed by atoms with E-state index in [0.29, 0.717) is 19.0 Å². The number of rotatable bonds is 2. The molecule has 0 bridgehead atoms. The minimum absolute atomic E-state index is 0.0734. The maximum absolute atomic E-state index is 11.8. The van der Waals surface area contributed by atoms with Crippen molar-refractivity contribution in [2.24, 2.45) is 0 Å². The number of likely N-dealkylation sites (tertiary alicyclic amines) is 1. The molecular weight excluding hydrogens is 264 g/mol. The monoisotopic (exact) mass is 282 g/mol. The van der Waals surface area contributed by atoms with Gasteiger partial charge in [-0.2, -0.15) is 0 Å². The lowest BCUT2D eigenvalue weighted by atomic mass is 10.0. The third-order valence-electron chi connectivity index (χ3n) is 2.90. The summed E-state index contributed by atoms with van der Waals surface area (Å²) in [7, 11) is 0. The van der Waals surface area contributed by atoms with Gasteiger partial charge in [0.1, 0.15) is 11.4 Å². The first-order valence-corrected chi connectivity index (χ1v) is 6.36. The van der Waals surface area contributed by atoms with Crippen LogP contribution in [-0.2, 0) is 4.74 Å². The van der Waals surface area contributed by atoms with Gasteiger partial charge in [0.15, 0.2) is 5.69 Å². The molecule has 1 aromatic rings. The molecule has 0 unspecified atom stereocenters. The average molecular weight is 282 g/mol. The number of amides is 1. The number of carbonyl (C=O) groups is 2. The van der Waals surface area contributed by atoms with E-state index in [1.165, 1.54) is 4.90 Å². The predicted molar refractivity (Wildman–Crippen MR) is 68.7 cm³/mol. The molecule has 2 rings (SSSR count). The van der Waals surface area contributed by atoms with Gasteiger partial charge in [-0.1, -0.05) is 0 Å². The molecule has 1 aromatic heterocycles. The van der Waals surface area contributed by atoms with Crippen molar-refractivity contribution in [3.05, 3.63) is 17.3 Å². The molecule has 2 heterocycles. The minimum atomic E-state index is -1.11. The second-order valence-electron chi connectivity index (χ2n) is 5.84. The summed E-state index contributed by atoms with van der Waals surface area (Å²) in [5, 5.41) is 8.91. The van der Waals surface area contributed by atoms with Crippen LogP contribution in [0.5, 0.6) is 0 Å². The number of aryl methyl sites for hydroxylation is 1. The fraction of sp³-hybridized carbons (Fsp3) is 0.615. The van der Waals surface area contributed by atoms with Gasteiger partial charge in [-0.05, 0) is 27.7 Å². The number of aromatic carboxylic acids is 1. The molecule has 110 valence electrons. The first kappa shape index (κ1) is 14.4. The second-order valence-corrected chi connectivity index (χ2v) is 5.84. The Bertz CT molecular complexity index is 537. The first-order chi connectivity index (χ1) is 9.17. The highest BCUT2D eigenvalue weighted by molar-refractivity contribution is 5.86. The maximum Gasteiger partial charge on any atom is 0.410 e. The molecule has 1 aliphatic heterocycles. The normalized spacial score (nSPS) is 15.9. The molecule has 1 saturated heterocycles. The second kappa shape index (κ2) is 4.81. The Morgan fingerprint density at radius 3 is 2.45 bits per heavy atom. The van der Waals surface area contributed by atoms with Crippen molar-refractivity contribution >= 4 is 12.1 Å². The van der Waals surface area contributed by atoms with Crippen LogP contribution in [0.2, 0.25) is 0 Å². The molecule has 7 nitrogen and oxygen atoms in total. The van der Waals surface area contributed by atoms with Gasteiger partial charge in [0.25, 0.3) is 0 Å². The van der Waals surface area contributed by atoms with E-state index in [1.807, 2.05) is 0 Å². The summed E-state index contributed by atoms with van der Waals surface area (Å²) >= 11 is 0. The van der Waals surface area contributed by atoms with Crippen LogP contribution < -0.4 is 0 Å². The summed E-state index contributed by atoms with van der Waals surface area (Å²) in [6.07, 6.45) is -0.379. The number of carbonyl (C=O) groups excluding carboxylic acids is 1. The van der Waals surface area contributed by atoms with Crippen LogP contribution in [0.1, 0.15) is 48.8 Å². The van der Waals surface area contributed by atoms with Crippen molar-refractivity contribution in [1.29, 1.82) is 0 Å². The highest BCUT2D eigenvalue weighted by Gasteiger charge is 2.38. The Morgan fingerprint density at radius 1 is 1.40 bits per heavy atom. The summed E-state index contributed by atoms with van der Waals surface area (Å²) in [5.41, 5.74) is -0.603. The van der Waals surface area contributed by atoms with Gasteiger partial charge < -0.3 is 19.2 Å². The van der Waals surface area contributed by atoms with Crippen molar-refractivity contribution in [3.8, 4) is 0 Å². The lowest BCUT2D eigenvalue weighted by Crippen LogP contribution is -2.50.